The summed E-state index contributed by atoms with van der Waals surface area (Å²) in [6.07, 6.45) is -0.111. The molecule has 0 aliphatic carbocycles. The fraction of sp³-hybridized carbons (Fsp3) is 0.714. The maximum absolute atomic E-state index is 6.26. The maximum Gasteiger partial charge on any atom is 0.159 e. The van der Waals surface area contributed by atoms with Crippen LogP contribution < -0.4 is 0 Å². The topological polar surface area (TPSA) is 35.0 Å². The zero-order valence-corrected chi connectivity index (χ0v) is 15.3. The molecule has 0 aromatic carbocycles. The second-order valence-electron chi connectivity index (χ2n) is 5.91. The van der Waals surface area contributed by atoms with Crippen LogP contribution in [0.25, 0.3) is 0 Å². The lowest BCUT2D eigenvalue weighted by Gasteiger charge is -2.24. The second-order valence-corrected chi connectivity index (χ2v) is 7.34. The summed E-state index contributed by atoms with van der Waals surface area (Å²) in [4.78, 5) is 9.13. The largest absolute Gasteiger partial charge is 0.370 e. The van der Waals surface area contributed by atoms with E-state index in [4.69, 9.17) is 21.3 Å². The minimum atomic E-state index is -0.111. The molecule has 108 valence electrons. The number of rotatable bonds is 4. The molecule has 0 amide bonds. The Bertz CT molecular complexity index is 444. The molecule has 0 aliphatic rings. The standard InChI is InChI=1S/C14H22ClIN2O/c1-7-19-10(8(2)3)13-17-11(14(4,5)6)9(16)12(15)18-13/h8,10H,7H2,1-6H3. The lowest BCUT2D eigenvalue weighted by Crippen LogP contribution is -2.22. The van der Waals surface area contributed by atoms with Crippen LogP contribution in [0, 0.1) is 9.49 Å². The second kappa shape index (κ2) is 6.68. The van der Waals surface area contributed by atoms with Crippen molar-refractivity contribution in [1.29, 1.82) is 0 Å². The van der Waals surface area contributed by atoms with Crippen molar-refractivity contribution in [2.45, 2.75) is 53.1 Å². The van der Waals surface area contributed by atoms with Crippen molar-refractivity contribution in [1.82, 2.24) is 9.97 Å². The molecule has 0 bridgehead atoms. The van der Waals surface area contributed by atoms with Crippen molar-refractivity contribution < 1.29 is 4.74 Å². The van der Waals surface area contributed by atoms with Crippen LogP contribution in [0.4, 0.5) is 0 Å². The van der Waals surface area contributed by atoms with E-state index >= 15 is 0 Å². The van der Waals surface area contributed by atoms with E-state index in [1.165, 1.54) is 0 Å². The Kier molecular flexibility index (Phi) is 6.01. The molecule has 0 fully saturated rings. The summed E-state index contributed by atoms with van der Waals surface area (Å²) in [5.41, 5.74) is 0.916. The molecule has 1 unspecified atom stereocenters. The van der Waals surface area contributed by atoms with Crippen molar-refractivity contribution >= 4 is 34.2 Å². The molecular weight excluding hydrogens is 375 g/mol. The first-order chi connectivity index (χ1) is 8.68. The highest BCUT2D eigenvalue weighted by Crippen LogP contribution is 2.32. The Hall–Kier alpha value is 0.0600. The van der Waals surface area contributed by atoms with Crippen LogP contribution in [0.15, 0.2) is 0 Å². The van der Waals surface area contributed by atoms with E-state index in [1.807, 2.05) is 6.92 Å². The first-order valence-corrected chi connectivity index (χ1v) is 7.99. The van der Waals surface area contributed by atoms with Gasteiger partial charge in [0.2, 0.25) is 0 Å². The minimum absolute atomic E-state index is 0.0639. The molecule has 0 spiro atoms. The van der Waals surface area contributed by atoms with Crippen molar-refractivity contribution in [3.8, 4) is 0 Å². The molecule has 1 rings (SSSR count). The van der Waals surface area contributed by atoms with Gasteiger partial charge in [-0.05, 0) is 35.4 Å². The van der Waals surface area contributed by atoms with Crippen LogP contribution >= 0.6 is 34.2 Å². The molecule has 0 saturated carbocycles. The fourth-order valence-corrected chi connectivity index (χ4v) is 3.03. The van der Waals surface area contributed by atoms with Gasteiger partial charge in [-0.25, -0.2) is 9.97 Å². The summed E-state index contributed by atoms with van der Waals surface area (Å²) in [5, 5.41) is 0.515. The molecule has 19 heavy (non-hydrogen) atoms. The first kappa shape index (κ1) is 17.1. The quantitative estimate of drug-likeness (QED) is 0.543. The summed E-state index contributed by atoms with van der Waals surface area (Å²) in [5.74, 6) is 0.996. The minimum Gasteiger partial charge on any atom is -0.370 e. The van der Waals surface area contributed by atoms with Crippen LogP contribution in [-0.2, 0) is 10.2 Å². The first-order valence-electron chi connectivity index (χ1n) is 6.53. The van der Waals surface area contributed by atoms with Crippen molar-refractivity contribution in [2.24, 2.45) is 5.92 Å². The van der Waals surface area contributed by atoms with E-state index in [-0.39, 0.29) is 11.5 Å². The van der Waals surface area contributed by atoms with Crippen LogP contribution in [0.5, 0.6) is 0 Å². The molecule has 0 saturated heterocycles. The number of hydrogen-bond acceptors (Lipinski definition) is 3. The van der Waals surface area contributed by atoms with E-state index in [2.05, 4.69) is 62.2 Å². The number of halogens is 2. The molecule has 3 nitrogen and oxygen atoms in total. The van der Waals surface area contributed by atoms with Crippen LogP contribution in [0.3, 0.4) is 0 Å². The predicted octanol–water partition coefficient (Wildman–Crippen LogP) is 4.77. The molecule has 0 aliphatic heterocycles. The van der Waals surface area contributed by atoms with Crippen molar-refractivity contribution in [3.05, 3.63) is 20.2 Å². The number of ether oxygens (including phenoxy) is 1. The summed E-state index contributed by atoms with van der Waals surface area (Å²) < 4.78 is 6.69. The Morgan fingerprint density at radius 1 is 1.26 bits per heavy atom. The third-order valence-electron chi connectivity index (χ3n) is 2.74. The van der Waals surface area contributed by atoms with Gasteiger partial charge in [-0.3, -0.25) is 0 Å². The summed E-state index contributed by atoms with van der Waals surface area (Å²) in [6.45, 7) is 13.2. The van der Waals surface area contributed by atoms with Gasteiger partial charge in [-0.15, -0.1) is 0 Å². The Morgan fingerprint density at radius 2 is 1.84 bits per heavy atom. The summed E-state index contributed by atoms with van der Waals surface area (Å²) >= 11 is 8.47. The molecule has 5 heteroatoms. The third-order valence-corrected chi connectivity index (χ3v) is 4.36. The number of hydrogen-bond donors (Lipinski definition) is 0. The zero-order valence-electron chi connectivity index (χ0n) is 12.4. The molecule has 1 aromatic rings. The SMILES string of the molecule is CCOC(c1nc(Cl)c(I)c(C(C)(C)C)n1)C(C)C. The van der Waals surface area contributed by atoms with E-state index < -0.39 is 0 Å². The highest BCUT2D eigenvalue weighted by Gasteiger charge is 2.26. The van der Waals surface area contributed by atoms with Gasteiger partial charge >= 0.3 is 0 Å². The summed E-state index contributed by atoms with van der Waals surface area (Å²) in [7, 11) is 0. The number of aromatic nitrogens is 2. The highest BCUT2D eigenvalue weighted by atomic mass is 127. The predicted molar refractivity (Wildman–Crippen MR) is 87.7 cm³/mol. The van der Waals surface area contributed by atoms with Gasteiger partial charge in [0.1, 0.15) is 11.3 Å². The lowest BCUT2D eigenvalue weighted by atomic mass is 9.92. The van der Waals surface area contributed by atoms with E-state index in [9.17, 15) is 0 Å². The normalized spacial score (nSPS) is 13.9. The van der Waals surface area contributed by atoms with Crippen LogP contribution in [0.2, 0.25) is 5.15 Å². The lowest BCUT2D eigenvalue weighted by molar-refractivity contribution is 0.0229. The van der Waals surface area contributed by atoms with E-state index in [0.717, 1.165) is 9.26 Å². The maximum atomic E-state index is 6.26. The zero-order chi connectivity index (χ0) is 14.8. The average molecular weight is 397 g/mol. The van der Waals surface area contributed by atoms with Gasteiger partial charge in [0.05, 0.1) is 9.26 Å². The molecule has 0 radical (unpaired) electrons. The monoisotopic (exact) mass is 396 g/mol. The molecule has 1 atom stereocenters. The average Bonchev–Trinajstić information content (AvgIpc) is 2.27. The van der Waals surface area contributed by atoms with Gasteiger partial charge in [0.25, 0.3) is 0 Å². The van der Waals surface area contributed by atoms with Crippen molar-refractivity contribution in [2.75, 3.05) is 6.61 Å². The molecule has 0 N–H and O–H groups in total. The van der Waals surface area contributed by atoms with Crippen LogP contribution in [0.1, 0.15) is 59.2 Å². The molecule has 1 aromatic heterocycles. The summed E-state index contributed by atoms with van der Waals surface area (Å²) in [6, 6.07) is 0. The highest BCUT2D eigenvalue weighted by molar-refractivity contribution is 14.1. The Balaban J connectivity index is 3.33. The fourth-order valence-electron chi connectivity index (χ4n) is 1.80. The van der Waals surface area contributed by atoms with Gasteiger partial charge in [-0.2, -0.15) is 0 Å². The number of nitrogens with zero attached hydrogens (tertiary/aromatic N) is 2. The Labute approximate surface area is 134 Å². The van der Waals surface area contributed by atoms with Gasteiger partial charge in [0.15, 0.2) is 5.82 Å². The van der Waals surface area contributed by atoms with Gasteiger partial charge in [0, 0.05) is 12.0 Å². The van der Waals surface area contributed by atoms with Gasteiger partial charge in [-0.1, -0.05) is 46.2 Å². The van der Waals surface area contributed by atoms with E-state index in [1.54, 1.807) is 0 Å². The van der Waals surface area contributed by atoms with Crippen LogP contribution in [-0.4, -0.2) is 16.6 Å². The Morgan fingerprint density at radius 3 is 2.26 bits per heavy atom. The molecule has 1 heterocycles. The van der Waals surface area contributed by atoms with E-state index in [0.29, 0.717) is 23.5 Å². The smallest absolute Gasteiger partial charge is 0.159 e. The van der Waals surface area contributed by atoms with Crippen molar-refractivity contribution in [3.63, 3.8) is 0 Å². The van der Waals surface area contributed by atoms with Gasteiger partial charge < -0.3 is 4.74 Å². The third kappa shape index (κ3) is 4.26. The molecular formula is C14H22ClIN2O.